The summed E-state index contributed by atoms with van der Waals surface area (Å²) in [5.41, 5.74) is -0.0280. The number of likely N-dealkylation sites (tertiary alicyclic amines) is 1. The van der Waals surface area contributed by atoms with Gasteiger partial charge >= 0.3 is 0 Å². The lowest BCUT2D eigenvalue weighted by molar-refractivity contribution is -0.0799. The maximum absolute atomic E-state index is 12.9. The van der Waals surface area contributed by atoms with Crippen LogP contribution in [0.1, 0.15) is 35.7 Å². The first-order chi connectivity index (χ1) is 17.1. The Kier molecular flexibility index (Phi) is 6.78. The number of halogens is 1. The molecule has 3 heterocycles. The van der Waals surface area contributed by atoms with Crippen LogP contribution in [0.5, 0.6) is 17.2 Å². The van der Waals surface area contributed by atoms with Gasteiger partial charge in [-0.15, -0.1) is 0 Å². The lowest BCUT2D eigenvalue weighted by atomic mass is 9.87. The Hall–Kier alpha value is -2.56. The van der Waals surface area contributed by atoms with Crippen LogP contribution in [0.15, 0.2) is 36.4 Å². The topological polar surface area (TPSA) is 112 Å². The number of aromatic hydroxyl groups is 1. The molecule has 2 aromatic carbocycles. The number of hydrogen-bond donors (Lipinski definition) is 3. The number of rotatable bonds is 6. The molecule has 3 aliphatic heterocycles. The minimum Gasteiger partial charge on any atom is -0.508 e. The highest BCUT2D eigenvalue weighted by atomic mass is 35.5. The van der Waals surface area contributed by atoms with E-state index in [1.165, 1.54) is 18.2 Å². The van der Waals surface area contributed by atoms with Crippen LogP contribution in [0.2, 0.25) is 5.02 Å². The number of nitrogens with zero attached hydrogens (tertiary/aromatic N) is 2. The first kappa shape index (κ1) is 25.1. The highest BCUT2D eigenvalue weighted by Crippen LogP contribution is 2.42. The number of hydroxylamine groups is 2. The molecule has 1 amide bonds. The van der Waals surface area contributed by atoms with Gasteiger partial charge in [-0.3, -0.25) is 9.63 Å². The van der Waals surface area contributed by atoms with Gasteiger partial charge < -0.3 is 29.7 Å². The Morgan fingerprint density at radius 3 is 2.72 bits per heavy atom. The molecule has 9 nitrogen and oxygen atoms in total. The quantitative estimate of drug-likeness (QED) is 0.534. The predicted molar refractivity (Wildman–Crippen MR) is 131 cm³/mol. The molecule has 0 unspecified atom stereocenters. The number of phenolic OH excluding ortho intramolecular Hbond substituents is 1. The highest BCUT2D eigenvalue weighted by Gasteiger charge is 2.42. The average molecular weight is 519 g/mol. The van der Waals surface area contributed by atoms with E-state index < -0.39 is 17.6 Å². The molecule has 0 radical (unpaired) electrons. The van der Waals surface area contributed by atoms with E-state index in [1.807, 2.05) is 18.2 Å². The third kappa shape index (κ3) is 5.40. The fourth-order valence-corrected chi connectivity index (χ4v) is 5.25. The third-order valence-corrected chi connectivity index (χ3v) is 7.20. The van der Waals surface area contributed by atoms with Crippen molar-refractivity contribution >= 4 is 17.5 Å². The summed E-state index contributed by atoms with van der Waals surface area (Å²) in [4.78, 5) is 20.4. The first-order valence-corrected chi connectivity index (χ1v) is 12.5. The van der Waals surface area contributed by atoms with E-state index >= 15 is 0 Å². The molecule has 3 aliphatic rings. The molecule has 0 bridgehead atoms. The number of hydrogen-bond acceptors (Lipinski definition) is 8. The summed E-state index contributed by atoms with van der Waals surface area (Å²) < 4.78 is 12.1. The second-order valence-electron chi connectivity index (χ2n) is 10.3. The van der Waals surface area contributed by atoms with Crippen molar-refractivity contribution in [3.8, 4) is 17.2 Å². The van der Waals surface area contributed by atoms with Crippen LogP contribution in [0.4, 0.5) is 0 Å². The monoisotopic (exact) mass is 518 g/mol. The van der Waals surface area contributed by atoms with Gasteiger partial charge in [0.15, 0.2) is 0 Å². The third-order valence-electron chi connectivity index (χ3n) is 6.97. The maximum atomic E-state index is 12.9. The van der Waals surface area contributed by atoms with Gasteiger partial charge in [0.2, 0.25) is 0 Å². The standard InChI is InChI=1S/C26H31ClN2O7/c1-25(33)15-29(35-16-25)24(32)21-4-3-19(30)11-23(21)34-14-20(31)13-28-8-6-26(7-9-28)12-17-10-18(27)2-5-22(17)36-26/h2-5,10-11,20,30-31,33H,6-9,12-16H2,1H3/t20-,25+/m0/s1. The number of aliphatic hydroxyl groups is 2. The highest BCUT2D eigenvalue weighted by molar-refractivity contribution is 6.30. The van der Waals surface area contributed by atoms with Crippen LogP contribution in [0.3, 0.4) is 0 Å². The van der Waals surface area contributed by atoms with Gasteiger partial charge in [0.1, 0.15) is 47.8 Å². The lowest BCUT2D eigenvalue weighted by Crippen LogP contribution is -2.49. The number of carbonyl (C=O) groups excluding carboxylic acids is 1. The Balaban J connectivity index is 1.14. The lowest BCUT2D eigenvalue weighted by Gasteiger charge is -2.39. The molecular weight excluding hydrogens is 488 g/mol. The molecule has 5 rings (SSSR count). The zero-order chi connectivity index (χ0) is 25.5. The van der Waals surface area contributed by atoms with Crippen molar-refractivity contribution in [2.45, 2.75) is 43.5 Å². The number of aliphatic hydroxyl groups excluding tert-OH is 1. The van der Waals surface area contributed by atoms with Crippen molar-refractivity contribution in [2.75, 3.05) is 39.4 Å². The molecule has 1 spiro atoms. The summed E-state index contributed by atoms with van der Waals surface area (Å²) in [6.45, 7) is 3.53. The molecule has 0 aromatic heterocycles. The van der Waals surface area contributed by atoms with E-state index in [4.69, 9.17) is 25.9 Å². The normalized spacial score (nSPS) is 23.9. The number of ether oxygens (including phenoxy) is 2. The van der Waals surface area contributed by atoms with Crippen LogP contribution in [0.25, 0.3) is 0 Å². The molecule has 2 aromatic rings. The van der Waals surface area contributed by atoms with Crippen molar-refractivity contribution in [3.05, 3.63) is 52.5 Å². The summed E-state index contributed by atoms with van der Waals surface area (Å²) in [7, 11) is 0. The van der Waals surface area contributed by atoms with E-state index in [-0.39, 0.29) is 42.4 Å². The summed E-state index contributed by atoms with van der Waals surface area (Å²) >= 11 is 6.13. The Morgan fingerprint density at radius 1 is 1.22 bits per heavy atom. The zero-order valence-electron chi connectivity index (χ0n) is 20.2. The SMILES string of the molecule is C[C@]1(O)CON(C(=O)c2ccc(O)cc2OC[C@@H](O)CN2CCC3(CC2)Cc2cc(Cl)ccc2O3)C1. The number of amides is 1. The maximum Gasteiger partial charge on any atom is 0.281 e. The van der Waals surface area contributed by atoms with Crippen molar-refractivity contribution in [1.82, 2.24) is 9.96 Å². The molecule has 194 valence electrons. The van der Waals surface area contributed by atoms with Gasteiger partial charge in [0.05, 0.1) is 12.1 Å². The molecule has 2 saturated heterocycles. The average Bonchev–Trinajstić information content (AvgIpc) is 3.38. The molecule has 2 fully saturated rings. The van der Waals surface area contributed by atoms with Crippen molar-refractivity contribution < 1.29 is 34.4 Å². The van der Waals surface area contributed by atoms with Gasteiger partial charge in [0.25, 0.3) is 5.91 Å². The van der Waals surface area contributed by atoms with E-state index in [2.05, 4.69) is 4.90 Å². The van der Waals surface area contributed by atoms with Gasteiger partial charge in [0, 0.05) is 50.0 Å². The second-order valence-corrected chi connectivity index (χ2v) is 10.7. The van der Waals surface area contributed by atoms with E-state index in [0.717, 1.165) is 48.7 Å². The summed E-state index contributed by atoms with van der Waals surface area (Å²) in [5, 5.41) is 32.4. The number of carbonyl (C=O) groups is 1. The van der Waals surface area contributed by atoms with Crippen molar-refractivity contribution in [2.24, 2.45) is 0 Å². The zero-order valence-corrected chi connectivity index (χ0v) is 20.9. The molecule has 0 saturated carbocycles. The number of fused-ring (bicyclic) bond motifs is 1. The molecule has 10 heteroatoms. The molecule has 3 N–H and O–H groups in total. The van der Waals surface area contributed by atoms with Crippen LogP contribution in [-0.2, 0) is 11.3 Å². The fraction of sp³-hybridized carbons (Fsp3) is 0.500. The first-order valence-electron chi connectivity index (χ1n) is 12.1. The van der Waals surface area contributed by atoms with Crippen LogP contribution in [0, 0.1) is 0 Å². The van der Waals surface area contributed by atoms with Crippen LogP contribution < -0.4 is 9.47 Å². The number of benzene rings is 2. The minimum atomic E-state index is -1.13. The Labute approximate surface area is 214 Å². The summed E-state index contributed by atoms with van der Waals surface area (Å²) in [6.07, 6.45) is 1.73. The molecule has 36 heavy (non-hydrogen) atoms. The van der Waals surface area contributed by atoms with Crippen LogP contribution in [-0.4, -0.2) is 87.9 Å². The largest absolute Gasteiger partial charge is 0.508 e. The van der Waals surface area contributed by atoms with Crippen molar-refractivity contribution in [1.29, 1.82) is 0 Å². The number of β-amino-alcohol motifs (C(OH)–C–C–N with tert-alkyl or cyclic N) is 2. The van der Waals surface area contributed by atoms with Gasteiger partial charge in [-0.25, -0.2) is 5.06 Å². The van der Waals surface area contributed by atoms with Gasteiger partial charge in [-0.2, -0.15) is 0 Å². The van der Waals surface area contributed by atoms with Crippen LogP contribution >= 0.6 is 11.6 Å². The Morgan fingerprint density at radius 2 is 2.00 bits per heavy atom. The van der Waals surface area contributed by atoms with Gasteiger partial charge in [-0.1, -0.05) is 11.6 Å². The summed E-state index contributed by atoms with van der Waals surface area (Å²) in [5.74, 6) is 0.492. The summed E-state index contributed by atoms with van der Waals surface area (Å²) in [6, 6.07) is 9.90. The molecule has 0 aliphatic carbocycles. The predicted octanol–water partition coefficient (Wildman–Crippen LogP) is 2.39. The fourth-order valence-electron chi connectivity index (χ4n) is 5.05. The Bertz CT molecular complexity index is 1130. The van der Waals surface area contributed by atoms with E-state index in [1.54, 1.807) is 6.92 Å². The second kappa shape index (κ2) is 9.72. The minimum absolute atomic E-state index is 0.00766. The van der Waals surface area contributed by atoms with Crippen molar-refractivity contribution in [3.63, 3.8) is 0 Å². The smallest absolute Gasteiger partial charge is 0.281 e. The number of piperidine rings is 1. The van der Waals surface area contributed by atoms with E-state index in [9.17, 15) is 20.1 Å². The molecule has 2 atom stereocenters. The van der Waals surface area contributed by atoms with Gasteiger partial charge in [-0.05, 0) is 42.8 Å². The van der Waals surface area contributed by atoms with E-state index in [0.29, 0.717) is 11.6 Å². The molecular formula is C26H31ClN2O7. The number of phenols is 1.